The molecule has 2 rings (SSSR count). The number of aliphatic carboxylic acids is 1. The third kappa shape index (κ3) is 4.19. The van der Waals surface area contributed by atoms with Gasteiger partial charge in [-0.3, -0.25) is 0 Å². The van der Waals surface area contributed by atoms with Crippen LogP contribution in [0.3, 0.4) is 0 Å². The van der Waals surface area contributed by atoms with Gasteiger partial charge in [-0.25, -0.2) is 9.97 Å². The van der Waals surface area contributed by atoms with Crippen molar-refractivity contribution >= 4 is 28.5 Å². The third-order valence-corrected chi connectivity index (χ3v) is 3.06. The Labute approximate surface area is 131 Å². The van der Waals surface area contributed by atoms with Crippen LogP contribution in [-0.4, -0.2) is 42.9 Å². The van der Waals surface area contributed by atoms with Crippen molar-refractivity contribution in [3.63, 3.8) is 0 Å². The van der Waals surface area contributed by atoms with Crippen LogP contribution in [0.2, 0.25) is 5.15 Å². The van der Waals surface area contributed by atoms with Crippen LogP contribution in [0.1, 0.15) is 6.42 Å². The van der Waals surface area contributed by atoms with Gasteiger partial charge in [-0.05, 0) is 6.07 Å². The van der Waals surface area contributed by atoms with E-state index in [9.17, 15) is 9.90 Å². The van der Waals surface area contributed by atoms with Gasteiger partial charge >= 0.3 is 0 Å². The Bertz CT molecular complexity index is 665. The molecule has 1 heterocycles. The minimum Gasteiger partial charge on any atom is -0.550 e. The average molecular weight is 326 g/mol. The Morgan fingerprint density at radius 2 is 1.91 bits per heavy atom. The molecule has 0 saturated heterocycles. The molecule has 118 valence electrons. The van der Waals surface area contributed by atoms with Gasteiger partial charge in [0.1, 0.15) is 18.1 Å². The molecule has 0 radical (unpaired) electrons. The molecule has 0 aliphatic rings. The maximum Gasteiger partial charge on any atom is 0.163 e. The quantitative estimate of drug-likeness (QED) is 0.524. The number of ether oxygens (including phenoxy) is 3. The van der Waals surface area contributed by atoms with E-state index in [1.54, 1.807) is 19.2 Å². The number of hydrogen-bond donors (Lipinski definition) is 0. The zero-order chi connectivity index (χ0) is 15.9. The highest BCUT2D eigenvalue weighted by Crippen LogP contribution is 2.34. The van der Waals surface area contributed by atoms with Crippen molar-refractivity contribution in [2.24, 2.45) is 0 Å². The van der Waals surface area contributed by atoms with E-state index in [0.29, 0.717) is 35.6 Å². The third-order valence-electron chi connectivity index (χ3n) is 2.76. The van der Waals surface area contributed by atoms with Crippen molar-refractivity contribution in [3.8, 4) is 11.5 Å². The van der Waals surface area contributed by atoms with Gasteiger partial charge < -0.3 is 24.1 Å². The van der Waals surface area contributed by atoms with Gasteiger partial charge in [0.25, 0.3) is 0 Å². The second-order valence-electron chi connectivity index (χ2n) is 4.29. The van der Waals surface area contributed by atoms with Crippen LogP contribution in [0, 0.1) is 0 Å². The van der Waals surface area contributed by atoms with Crippen LogP contribution in [0.5, 0.6) is 11.5 Å². The second kappa shape index (κ2) is 7.77. The first kappa shape index (κ1) is 16.3. The first-order valence-corrected chi connectivity index (χ1v) is 6.88. The van der Waals surface area contributed by atoms with Crippen molar-refractivity contribution in [3.05, 3.63) is 23.6 Å². The number of rotatable bonds is 8. The van der Waals surface area contributed by atoms with E-state index in [4.69, 9.17) is 25.8 Å². The van der Waals surface area contributed by atoms with Crippen molar-refractivity contribution in [2.45, 2.75) is 6.42 Å². The highest BCUT2D eigenvalue weighted by Gasteiger charge is 2.11. The molecular formula is C14H14ClN2O5-. The number of fused-ring (bicyclic) bond motifs is 1. The number of methoxy groups -OCH3 is 1. The molecule has 1 aromatic carbocycles. The molecular weight excluding hydrogens is 312 g/mol. The lowest BCUT2D eigenvalue weighted by Gasteiger charge is -2.14. The Morgan fingerprint density at radius 3 is 2.64 bits per heavy atom. The van der Waals surface area contributed by atoms with Crippen LogP contribution in [0.4, 0.5) is 0 Å². The van der Waals surface area contributed by atoms with Crippen LogP contribution >= 0.6 is 11.6 Å². The molecule has 0 amide bonds. The molecule has 0 fully saturated rings. The van der Waals surface area contributed by atoms with Crippen molar-refractivity contribution < 1.29 is 24.1 Å². The summed E-state index contributed by atoms with van der Waals surface area (Å²) in [5.41, 5.74) is 0.597. The van der Waals surface area contributed by atoms with E-state index in [1.165, 1.54) is 6.33 Å². The molecule has 8 heteroatoms. The Morgan fingerprint density at radius 1 is 1.18 bits per heavy atom. The molecule has 0 saturated carbocycles. The molecule has 0 unspecified atom stereocenters. The van der Waals surface area contributed by atoms with Gasteiger partial charge in [0.05, 0.1) is 18.7 Å². The number of nitrogens with zero attached hydrogens (tertiary/aromatic N) is 2. The highest BCUT2D eigenvalue weighted by molar-refractivity contribution is 6.34. The lowest BCUT2D eigenvalue weighted by Crippen LogP contribution is -2.24. The smallest absolute Gasteiger partial charge is 0.163 e. The summed E-state index contributed by atoms with van der Waals surface area (Å²) < 4.78 is 15.9. The van der Waals surface area contributed by atoms with Crippen LogP contribution in [0.25, 0.3) is 10.9 Å². The summed E-state index contributed by atoms with van der Waals surface area (Å²) in [4.78, 5) is 18.5. The van der Waals surface area contributed by atoms with Crippen molar-refractivity contribution in [1.82, 2.24) is 9.97 Å². The van der Waals surface area contributed by atoms with Gasteiger partial charge in [-0.2, -0.15) is 0 Å². The molecule has 0 aliphatic carbocycles. The number of hydrogen-bond acceptors (Lipinski definition) is 7. The zero-order valence-electron chi connectivity index (χ0n) is 11.9. The van der Waals surface area contributed by atoms with E-state index in [2.05, 4.69) is 9.97 Å². The lowest BCUT2D eigenvalue weighted by atomic mass is 10.2. The van der Waals surface area contributed by atoms with Gasteiger partial charge in [-0.1, -0.05) is 11.6 Å². The molecule has 7 nitrogen and oxygen atoms in total. The summed E-state index contributed by atoms with van der Waals surface area (Å²) in [5.74, 6) is -0.400. The Balaban J connectivity index is 2.28. The molecule has 0 N–H and O–H groups in total. The number of halogens is 1. The minimum atomic E-state index is -1.19. The van der Waals surface area contributed by atoms with E-state index < -0.39 is 5.97 Å². The van der Waals surface area contributed by atoms with Crippen molar-refractivity contribution in [1.29, 1.82) is 0 Å². The van der Waals surface area contributed by atoms with Gasteiger partial charge in [-0.15, -0.1) is 0 Å². The summed E-state index contributed by atoms with van der Waals surface area (Å²) in [6.07, 6.45) is 1.12. The fourth-order valence-corrected chi connectivity index (χ4v) is 1.93. The summed E-state index contributed by atoms with van der Waals surface area (Å²) in [6, 6.07) is 3.28. The minimum absolute atomic E-state index is 0.0419. The first-order valence-electron chi connectivity index (χ1n) is 6.50. The number of carbonyl (C=O) groups is 1. The molecule has 2 aromatic rings. The van der Waals surface area contributed by atoms with Gasteiger partial charge in [0.15, 0.2) is 11.5 Å². The monoisotopic (exact) mass is 325 g/mol. The number of carboxylic acid groups (broad SMARTS) is 1. The zero-order valence-corrected chi connectivity index (χ0v) is 12.6. The Hall–Kier alpha value is -2.12. The summed E-state index contributed by atoms with van der Waals surface area (Å²) >= 11 is 6.02. The number of carboxylic acids is 1. The van der Waals surface area contributed by atoms with E-state index >= 15 is 0 Å². The number of aromatic nitrogens is 2. The maximum atomic E-state index is 10.5. The summed E-state index contributed by atoms with van der Waals surface area (Å²) in [7, 11) is 1.56. The molecule has 0 atom stereocenters. The second-order valence-corrected chi connectivity index (χ2v) is 4.65. The maximum absolute atomic E-state index is 10.5. The summed E-state index contributed by atoms with van der Waals surface area (Å²) in [5, 5.41) is 11.3. The molecule has 0 aliphatic heterocycles. The van der Waals surface area contributed by atoms with Gasteiger partial charge in [0.2, 0.25) is 0 Å². The predicted molar refractivity (Wildman–Crippen MR) is 77.0 cm³/mol. The van der Waals surface area contributed by atoms with E-state index in [0.717, 1.165) is 0 Å². The SMILES string of the molecule is COCCOc1cc2ncnc(Cl)c2cc1OCCC(=O)[O-]. The molecule has 22 heavy (non-hydrogen) atoms. The highest BCUT2D eigenvalue weighted by atomic mass is 35.5. The predicted octanol–water partition coefficient (Wildman–Crippen LogP) is 0.827. The van der Waals surface area contributed by atoms with Crippen LogP contribution < -0.4 is 14.6 Å². The average Bonchev–Trinajstić information content (AvgIpc) is 2.48. The lowest BCUT2D eigenvalue weighted by molar-refractivity contribution is -0.306. The van der Waals surface area contributed by atoms with Crippen LogP contribution in [-0.2, 0) is 9.53 Å². The standard InChI is InChI=1S/C14H15ClN2O5/c1-20-4-5-22-12-7-10-9(14(15)17-8-16-10)6-11(12)21-3-2-13(18)19/h6-8H,2-5H2,1H3,(H,18,19)/p-1. The van der Waals surface area contributed by atoms with Crippen LogP contribution in [0.15, 0.2) is 18.5 Å². The van der Waals surface area contributed by atoms with Crippen molar-refractivity contribution in [2.75, 3.05) is 26.9 Å². The molecule has 0 spiro atoms. The normalized spacial score (nSPS) is 10.6. The Kier molecular flexibility index (Phi) is 5.74. The fraction of sp³-hybridized carbons (Fsp3) is 0.357. The molecule has 1 aromatic heterocycles. The first-order chi connectivity index (χ1) is 10.6. The number of benzene rings is 1. The summed E-state index contributed by atoms with van der Waals surface area (Å²) in [6.45, 7) is 0.679. The molecule has 0 bridgehead atoms. The van der Waals surface area contributed by atoms with E-state index in [1.807, 2.05) is 0 Å². The van der Waals surface area contributed by atoms with E-state index in [-0.39, 0.29) is 18.2 Å². The topological polar surface area (TPSA) is 93.6 Å². The largest absolute Gasteiger partial charge is 0.550 e. The number of carbonyl (C=O) groups excluding carboxylic acids is 1. The fourth-order valence-electron chi connectivity index (χ4n) is 1.74. The van der Waals surface area contributed by atoms with Gasteiger partial charge in [0, 0.05) is 31.0 Å².